The van der Waals surface area contributed by atoms with Crippen LogP contribution in [0.5, 0.6) is 0 Å². The molecule has 4 nitrogen and oxygen atoms in total. The van der Waals surface area contributed by atoms with Gasteiger partial charge in [0.15, 0.2) is 0 Å². The van der Waals surface area contributed by atoms with Gasteiger partial charge in [-0.15, -0.1) is 0 Å². The summed E-state index contributed by atoms with van der Waals surface area (Å²) >= 11 is 0. The summed E-state index contributed by atoms with van der Waals surface area (Å²) in [7, 11) is 0. The van der Waals surface area contributed by atoms with E-state index in [1.54, 1.807) is 0 Å². The standard InChI is InChI=1S/C12H23N3O/c1-10(2)12(3-4-14-9-12)11(16)15-7-5-13-6-8-15/h10,13-14H,3-9H2,1-2H3. The molecule has 2 heterocycles. The van der Waals surface area contributed by atoms with E-state index in [0.717, 1.165) is 45.7 Å². The van der Waals surface area contributed by atoms with Gasteiger partial charge in [0, 0.05) is 32.7 Å². The Labute approximate surface area is 97.8 Å². The zero-order chi connectivity index (χ0) is 11.6. The van der Waals surface area contributed by atoms with Crippen molar-refractivity contribution in [2.75, 3.05) is 39.3 Å². The molecule has 0 bridgehead atoms. The van der Waals surface area contributed by atoms with E-state index in [1.165, 1.54) is 0 Å². The van der Waals surface area contributed by atoms with E-state index in [1.807, 2.05) is 4.90 Å². The monoisotopic (exact) mass is 225 g/mol. The Morgan fingerprint density at radius 3 is 2.38 bits per heavy atom. The summed E-state index contributed by atoms with van der Waals surface area (Å²) in [5.74, 6) is 0.791. The molecule has 1 atom stereocenters. The third-order valence-corrected chi connectivity index (χ3v) is 4.12. The van der Waals surface area contributed by atoms with Crippen LogP contribution in [0.1, 0.15) is 20.3 Å². The molecule has 2 saturated heterocycles. The molecule has 2 N–H and O–H groups in total. The van der Waals surface area contributed by atoms with E-state index in [2.05, 4.69) is 24.5 Å². The van der Waals surface area contributed by atoms with Crippen LogP contribution in [-0.2, 0) is 4.79 Å². The maximum atomic E-state index is 12.6. The molecule has 2 rings (SSSR count). The van der Waals surface area contributed by atoms with Crippen molar-refractivity contribution >= 4 is 5.91 Å². The molecule has 92 valence electrons. The van der Waals surface area contributed by atoms with Gasteiger partial charge in [-0.1, -0.05) is 13.8 Å². The molecular weight excluding hydrogens is 202 g/mol. The van der Waals surface area contributed by atoms with Crippen molar-refractivity contribution in [1.29, 1.82) is 0 Å². The fourth-order valence-electron chi connectivity index (χ4n) is 2.82. The second-order valence-corrected chi connectivity index (χ2v) is 5.28. The molecule has 0 aromatic heterocycles. The molecule has 0 aromatic carbocycles. The van der Waals surface area contributed by atoms with Gasteiger partial charge in [0.25, 0.3) is 0 Å². The zero-order valence-electron chi connectivity index (χ0n) is 10.4. The third-order valence-electron chi connectivity index (χ3n) is 4.12. The van der Waals surface area contributed by atoms with Crippen LogP contribution in [0.3, 0.4) is 0 Å². The van der Waals surface area contributed by atoms with E-state index in [-0.39, 0.29) is 5.41 Å². The van der Waals surface area contributed by atoms with Gasteiger partial charge in [-0.05, 0) is 18.9 Å². The molecule has 1 unspecified atom stereocenters. The molecule has 0 radical (unpaired) electrons. The zero-order valence-corrected chi connectivity index (χ0v) is 10.4. The number of amides is 1. The summed E-state index contributed by atoms with van der Waals surface area (Å²) in [5, 5.41) is 6.64. The Kier molecular flexibility index (Phi) is 3.50. The smallest absolute Gasteiger partial charge is 0.230 e. The van der Waals surface area contributed by atoms with Crippen LogP contribution in [0.15, 0.2) is 0 Å². The second-order valence-electron chi connectivity index (χ2n) is 5.28. The van der Waals surface area contributed by atoms with E-state index >= 15 is 0 Å². The van der Waals surface area contributed by atoms with Crippen LogP contribution < -0.4 is 10.6 Å². The van der Waals surface area contributed by atoms with Gasteiger partial charge in [-0.3, -0.25) is 4.79 Å². The minimum atomic E-state index is -0.142. The lowest BCUT2D eigenvalue weighted by atomic mass is 9.75. The van der Waals surface area contributed by atoms with E-state index in [4.69, 9.17) is 0 Å². The third kappa shape index (κ3) is 1.96. The second kappa shape index (κ2) is 4.72. The lowest BCUT2D eigenvalue weighted by Crippen LogP contribution is -2.54. The first kappa shape index (κ1) is 11.9. The van der Waals surface area contributed by atoms with Crippen LogP contribution >= 0.6 is 0 Å². The van der Waals surface area contributed by atoms with Crippen molar-refractivity contribution < 1.29 is 4.79 Å². The lowest BCUT2D eigenvalue weighted by molar-refractivity contribution is -0.144. The van der Waals surface area contributed by atoms with Gasteiger partial charge < -0.3 is 15.5 Å². The van der Waals surface area contributed by atoms with Gasteiger partial charge >= 0.3 is 0 Å². The normalized spacial score (nSPS) is 31.1. The first-order valence-corrected chi connectivity index (χ1v) is 6.37. The van der Waals surface area contributed by atoms with Gasteiger partial charge in [-0.25, -0.2) is 0 Å². The summed E-state index contributed by atoms with van der Waals surface area (Å²) in [4.78, 5) is 14.7. The van der Waals surface area contributed by atoms with Crippen molar-refractivity contribution in [2.24, 2.45) is 11.3 Å². The number of hydrogen-bond acceptors (Lipinski definition) is 3. The summed E-state index contributed by atoms with van der Waals surface area (Å²) in [6.45, 7) is 9.80. The molecule has 2 aliphatic rings. The summed E-state index contributed by atoms with van der Waals surface area (Å²) in [6.07, 6.45) is 0.993. The first-order valence-electron chi connectivity index (χ1n) is 6.37. The van der Waals surface area contributed by atoms with Crippen molar-refractivity contribution in [2.45, 2.75) is 20.3 Å². The van der Waals surface area contributed by atoms with Crippen molar-refractivity contribution in [1.82, 2.24) is 15.5 Å². The average Bonchev–Trinajstić information content (AvgIpc) is 2.79. The highest BCUT2D eigenvalue weighted by atomic mass is 16.2. The van der Waals surface area contributed by atoms with Gasteiger partial charge in [0.1, 0.15) is 0 Å². The lowest BCUT2D eigenvalue weighted by Gasteiger charge is -2.38. The van der Waals surface area contributed by atoms with Crippen LogP contribution in [-0.4, -0.2) is 50.1 Å². The van der Waals surface area contributed by atoms with Crippen molar-refractivity contribution in [3.05, 3.63) is 0 Å². The number of nitrogens with zero attached hydrogens (tertiary/aromatic N) is 1. The summed E-state index contributed by atoms with van der Waals surface area (Å²) in [6, 6.07) is 0. The summed E-state index contributed by atoms with van der Waals surface area (Å²) in [5.41, 5.74) is -0.142. The van der Waals surface area contributed by atoms with Crippen LogP contribution in [0, 0.1) is 11.3 Å². The highest BCUT2D eigenvalue weighted by Crippen LogP contribution is 2.36. The Morgan fingerprint density at radius 1 is 1.19 bits per heavy atom. The van der Waals surface area contributed by atoms with Gasteiger partial charge in [0.05, 0.1) is 5.41 Å². The maximum absolute atomic E-state index is 12.6. The molecule has 4 heteroatoms. The average molecular weight is 225 g/mol. The molecule has 0 spiro atoms. The molecule has 0 aromatic rings. The van der Waals surface area contributed by atoms with E-state index < -0.39 is 0 Å². The topological polar surface area (TPSA) is 44.4 Å². The Morgan fingerprint density at radius 2 is 1.88 bits per heavy atom. The Bertz CT molecular complexity index is 253. The van der Waals surface area contributed by atoms with Gasteiger partial charge in [0.2, 0.25) is 5.91 Å². The number of rotatable bonds is 2. The molecule has 0 saturated carbocycles. The molecule has 2 fully saturated rings. The predicted molar refractivity (Wildman–Crippen MR) is 64.2 cm³/mol. The van der Waals surface area contributed by atoms with Crippen LogP contribution in [0.2, 0.25) is 0 Å². The molecule has 1 amide bonds. The first-order chi connectivity index (χ1) is 7.67. The predicted octanol–water partition coefficient (Wildman–Crippen LogP) is 0.0539. The van der Waals surface area contributed by atoms with Crippen molar-refractivity contribution in [3.8, 4) is 0 Å². The minimum Gasteiger partial charge on any atom is -0.340 e. The van der Waals surface area contributed by atoms with E-state index in [0.29, 0.717) is 11.8 Å². The maximum Gasteiger partial charge on any atom is 0.230 e. The molecule has 0 aliphatic carbocycles. The molecule has 16 heavy (non-hydrogen) atoms. The fraction of sp³-hybridized carbons (Fsp3) is 0.917. The highest BCUT2D eigenvalue weighted by molar-refractivity contribution is 5.83. The van der Waals surface area contributed by atoms with Crippen LogP contribution in [0.25, 0.3) is 0 Å². The SMILES string of the molecule is CC(C)C1(C(=O)N2CCNCC2)CCNC1. The van der Waals surface area contributed by atoms with E-state index in [9.17, 15) is 4.79 Å². The number of nitrogens with one attached hydrogen (secondary N) is 2. The minimum absolute atomic E-state index is 0.142. The highest BCUT2D eigenvalue weighted by Gasteiger charge is 2.45. The number of carbonyl (C=O) groups is 1. The Balaban J connectivity index is 2.10. The molecular formula is C12H23N3O. The van der Waals surface area contributed by atoms with Crippen molar-refractivity contribution in [3.63, 3.8) is 0 Å². The van der Waals surface area contributed by atoms with Crippen LogP contribution in [0.4, 0.5) is 0 Å². The van der Waals surface area contributed by atoms with Gasteiger partial charge in [-0.2, -0.15) is 0 Å². The quantitative estimate of drug-likeness (QED) is 0.698. The largest absolute Gasteiger partial charge is 0.340 e. The molecule has 2 aliphatic heterocycles. The number of carbonyl (C=O) groups excluding carboxylic acids is 1. The fourth-order valence-corrected chi connectivity index (χ4v) is 2.82. The number of hydrogen-bond donors (Lipinski definition) is 2. The number of piperazine rings is 1. The summed E-state index contributed by atoms with van der Waals surface area (Å²) < 4.78 is 0. The Hall–Kier alpha value is -0.610.